The minimum absolute atomic E-state index is 0.0218. The monoisotopic (exact) mass is 314 g/mol. The first kappa shape index (κ1) is 14.4. The van der Waals surface area contributed by atoms with E-state index in [1.807, 2.05) is 32.0 Å². The van der Waals surface area contributed by atoms with Crippen molar-refractivity contribution in [3.05, 3.63) is 56.8 Å². The summed E-state index contributed by atoms with van der Waals surface area (Å²) in [6.45, 7) is 3.93. The van der Waals surface area contributed by atoms with Crippen LogP contribution in [0.1, 0.15) is 24.1 Å². The maximum Gasteiger partial charge on any atom is 0.132 e. The molecular weight excluding hydrogens is 303 g/mol. The molecular formula is C14H13Cl3N2. The van der Waals surface area contributed by atoms with Gasteiger partial charge in [-0.05, 0) is 37.1 Å². The molecule has 0 saturated heterocycles. The van der Waals surface area contributed by atoms with Gasteiger partial charge in [0.25, 0.3) is 0 Å². The molecule has 1 atom stereocenters. The number of anilines is 1. The lowest BCUT2D eigenvalue weighted by Gasteiger charge is -2.17. The summed E-state index contributed by atoms with van der Waals surface area (Å²) >= 11 is 18.1. The van der Waals surface area contributed by atoms with Crippen LogP contribution in [-0.4, -0.2) is 4.98 Å². The van der Waals surface area contributed by atoms with E-state index >= 15 is 0 Å². The van der Waals surface area contributed by atoms with E-state index in [1.54, 1.807) is 12.3 Å². The number of rotatable bonds is 3. The number of pyridine rings is 1. The Balaban J connectivity index is 2.23. The third-order valence-corrected chi connectivity index (χ3v) is 4.07. The first-order valence-electron chi connectivity index (χ1n) is 5.81. The lowest BCUT2D eigenvalue weighted by Crippen LogP contribution is -2.07. The van der Waals surface area contributed by atoms with E-state index in [2.05, 4.69) is 10.3 Å². The zero-order valence-corrected chi connectivity index (χ0v) is 12.8. The third kappa shape index (κ3) is 3.33. The van der Waals surface area contributed by atoms with Gasteiger partial charge in [0.2, 0.25) is 0 Å². The van der Waals surface area contributed by atoms with E-state index in [9.17, 15) is 0 Å². The number of nitrogens with zero attached hydrogens (tertiary/aromatic N) is 1. The van der Waals surface area contributed by atoms with Crippen LogP contribution in [-0.2, 0) is 0 Å². The topological polar surface area (TPSA) is 24.9 Å². The molecule has 0 saturated carbocycles. The van der Waals surface area contributed by atoms with Gasteiger partial charge >= 0.3 is 0 Å². The lowest BCUT2D eigenvalue weighted by molar-refractivity contribution is 0.882. The highest BCUT2D eigenvalue weighted by molar-refractivity contribution is 6.42. The molecule has 0 aliphatic carbocycles. The molecule has 0 aliphatic rings. The smallest absolute Gasteiger partial charge is 0.132 e. The predicted molar refractivity (Wildman–Crippen MR) is 82.5 cm³/mol. The largest absolute Gasteiger partial charge is 0.377 e. The van der Waals surface area contributed by atoms with Crippen LogP contribution in [0.2, 0.25) is 15.2 Å². The van der Waals surface area contributed by atoms with Crippen LogP contribution in [0.25, 0.3) is 0 Å². The number of aryl methyl sites for hydroxylation is 1. The maximum absolute atomic E-state index is 6.20. The molecule has 0 amide bonds. The Bertz CT molecular complexity index is 599. The van der Waals surface area contributed by atoms with Crippen molar-refractivity contribution in [2.75, 3.05) is 5.32 Å². The van der Waals surface area contributed by atoms with Gasteiger partial charge in [-0.25, -0.2) is 4.98 Å². The van der Waals surface area contributed by atoms with Gasteiger partial charge in [-0.2, -0.15) is 0 Å². The summed E-state index contributed by atoms with van der Waals surface area (Å²) in [5, 5.41) is 4.97. The second-order valence-corrected chi connectivity index (χ2v) is 5.48. The summed E-state index contributed by atoms with van der Waals surface area (Å²) in [6, 6.07) is 7.57. The lowest BCUT2D eigenvalue weighted by atomic mass is 10.1. The van der Waals surface area contributed by atoms with Gasteiger partial charge in [-0.15, -0.1) is 0 Å². The molecule has 1 unspecified atom stereocenters. The fraction of sp³-hybridized carbons (Fsp3) is 0.214. The second-order valence-electron chi connectivity index (χ2n) is 4.34. The SMILES string of the molecule is Cc1cc(NC(C)c2cccc(Cl)c2Cl)cnc1Cl. The van der Waals surface area contributed by atoms with Crippen LogP contribution in [0.4, 0.5) is 5.69 Å². The molecule has 1 aromatic heterocycles. The van der Waals surface area contributed by atoms with Gasteiger partial charge in [-0.3, -0.25) is 0 Å². The van der Waals surface area contributed by atoms with Gasteiger partial charge < -0.3 is 5.32 Å². The molecule has 5 heteroatoms. The van der Waals surface area contributed by atoms with Crippen LogP contribution in [0, 0.1) is 6.92 Å². The molecule has 0 bridgehead atoms. The number of halogens is 3. The summed E-state index contributed by atoms with van der Waals surface area (Å²) in [4.78, 5) is 4.11. The average molecular weight is 316 g/mol. The quantitative estimate of drug-likeness (QED) is 0.754. The first-order chi connectivity index (χ1) is 8.99. The first-order valence-corrected chi connectivity index (χ1v) is 6.95. The summed E-state index contributed by atoms with van der Waals surface area (Å²) in [7, 11) is 0. The number of benzene rings is 1. The van der Waals surface area contributed by atoms with Crippen molar-refractivity contribution >= 4 is 40.5 Å². The van der Waals surface area contributed by atoms with E-state index < -0.39 is 0 Å². The minimum Gasteiger partial charge on any atom is -0.377 e. The molecule has 2 aromatic rings. The Kier molecular flexibility index (Phi) is 4.56. The van der Waals surface area contributed by atoms with Crippen molar-refractivity contribution in [2.45, 2.75) is 19.9 Å². The molecule has 100 valence electrons. The normalized spacial score (nSPS) is 12.3. The molecule has 0 aliphatic heterocycles. The van der Waals surface area contributed by atoms with Crippen LogP contribution in [0.3, 0.4) is 0 Å². The highest BCUT2D eigenvalue weighted by Crippen LogP contribution is 2.31. The fourth-order valence-electron chi connectivity index (χ4n) is 1.82. The van der Waals surface area contributed by atoms with Crippen molar-refractivity contribution in [3.63, 3.8) is 0 Å². The zero-order chi connectivity index (χ0) is 14.0. The Morgan fingerprint density at radius 1 is 1.21 bits per heavy atom. The molecule has 1 N–H and O–H groups in total. The van der Waals surface area contributed by atoms with Crippen molar-refractivity contribution in [3.8, 4) is 0 Å². The number of nitrogens with one attached hydrogen (secondary N) is 1. The molecule has 0 fully saturated rings. The predicted octanol–water partition coefficient (Wildman–Crippen LogP) is 5.52. The van der Waals surface area contributed by atoms with Crippen molar-refractivity contribution in [2.24, 2.45) is 0 Å². The molecule has 2 nitrogen and oxygen atoms in total. The summed E-state index contributed by atoms with van der Waals surface area (Å²) in [5.41, 5.74) is 2.77. The van der Waals surface area contributed by atoms with Gasteiger partial charge in [0.05, 0.1) is 28.0 Å². The van der Waals surface area contributed by atoms with E-state index in [0.29, 0.717) is 15.2 Å². The fourth-order valence-corrected chi connectivity index (χ4v) is 2.39. The summed E-state index contributed by atoms with van der Waals surface area (Å²) in [5.74, 6) is 0. The third-order valence-electron chi connectivity index (χ3n) is 2.85. The number of hydrogen-bond donors (Lipinski definition) is 1. The van der Waals surface area contributed by atoms with Crippen molar-refractivity contribution < 1.29 is 0 Å². The van der Waals surface area contributed by atoms with E-state index in [-0.39, 0.29) is 6.04 Å². The van der Waals surface area contributed by atoms with Crippen molar-refractivity contribution in [1.82, 2.24) is 4.98 Å². The van der Waals surface area contributed by atoms with E-state index in [0.717, 1.165) is 16.8 Å². The van der Waals surface area contributed by atoms with Crippen molar-refractivity contribution in [1.29, 1.82) is 0 Å². The highest BCUT2D eigenvalue weighted by Gasteiger charge is 2.12. The molecule has 0 spiro atoms. The molecule has 0 radical (unpaired) electrons. The Morgan fingerprint density at radius 2 is 1.95 bits per heavy atom. The highest BCUT2D eigenvalue weighted by atomic mass is 35.5. The van der Waals surface area contributed by atoms with Crippen LogP contribution >= 0.6 is 34.8 Å². The maximum atomic E-state index is 6.20. The molecule has 1 aromatic carbocycles. The standard InChI is InChI=1S/C14H13Cl3N2/c1-8-6-10(7-18-14(8)17)19-9(2)11-4-3-5-12(15)13(11)16/h3-7,9,19H,1-2H3. The van der Waals surface area contributed by atoms with Crippen LogP contribution < -0.4 is 5.32 Å². The molecule has 19 heavy (non-hydrogen) atoms. The van der Waals surface area contributed by atoms with Gasteiger partial charge in [0.15, 0.2) is 0 Å². The number of aromatic nitrogens is 1. The number of hydrogen-bond acceptors (Lipinski definition) is 2. The van der Waals surface area contributed by atoms with Gasteiger partial charge in [-0.1, -0.05) is 46.9 Å². The van der Waals surface area contributed by atoms with Crippen LogP contribution in [0.5, 0.6) is 0 Å². The average Bonchev–Trinajstić information content (AvgIpc) is 2.37. The van der Waals surface area contributed by atoms with E-state index in [1.165, 1.54) is 0 Å². The second kappa shape index (κ2) is 6.00. The van der Waals surface area contributed by atoms with Gasteiger partial charge in [0.1, 0.15) is 5.15 Å². The van der Waals surface area contributed by atoms with Gasteiger partial charge in [0, 0.05) is 0 Å². The molecule has 2 rings (SSSR count). The minimum atomic E-state index is 0.0218. The Labute approximate surface area is 127 Å². The summed E-state index contributed by atoms with van der Waals surface area (Å²) in [6.07, 6.45) is 1.70. The van der Waals surface area contributed by atoms with Crippen LogP contribution in [0.15, 0.2) is 30.5 Å². The Hall–Kier alpha value is -0.960. The molecule has 1 heterocycles. The van der Waals surface area contributed by atoms with E-state index in [4.69, 9.17) is 34.8 Å². The summed E-state index contributed by atoms with van der Waals surface area (Å²) < 4.78 is 0. The zero-order valence-electron chi connectivity index (χ0n) is 10.5. The Morgan fingerprint density at radius 3 is 2.63 bits per heavy atom.